The van der Waals surface area contributed by atoms with E-state index in [4.69, 9.17) is 4.42 Å². The van der Waals surface area contributed by atoms with Crippen molar-refractivity contribution in [1.29, 1.82) is 0 Å². The highest BCUT2D eigenvalue weighted by atomic mass is 32.2. The molecule has 2 rings (SSSR count). The number of para-hydroxylation sites is 1. The normalized spacial score (nSPS) is 12.9. The third-order valence-electron chi connectivity index (χ3n) is 3.40. The molecule has 9 nitrogen and oxygen atoms in total. The zero-order valence-electron chi connectivity index (χ0n) is 16.2. The molecule has 11 heteroatoms. The van der Waals surface area contributed by atoms with Gasteiger partial charge in [0.25, 0.3) is 15.9 Å². The third kappa shape index (κ3) is 4.98. The summed E-state index contributed by atoms with van der Waals surface area (Å²) in [6.07, 6.45) is 0. The van der Waals surface area contributed by atoms with Gasteiger partial charge in [-0.05, 0) is 45.0 Å². The van der Waals surface area contributed by atoms with Crippen LogP contribution >= 0.6 is 0 Å². The third-order valence-corrected chi connectivity index (χ3v) is 6.91. The van der Waals surface area contributed by atoms with Gasteiger partial charge in [-0.1, -0.05) is 12.1 Å². The second-order valence-electron chi connectivity index (χ2n) is 7.21. The average molecular weight is 430 g/mol. The molecule has 28 heavy (non-hydrogen) atoms. The predicted molar refractivity (Wildman–Crippen MR) is 104 cm³/mol. The molecular formula is C17H23N3O6S2. The minimum Gasteiger partial charge on any atom is -0.438 e. The number of anilines is 1. The standard InChI is InChI=1S/C17H23N3O6S2/c1-17(2,3)19-27(22,23)15-11-10-13(26-15)16(21)18-12-8-6-7-9-14(12)28(24,25)20(4)5/h6-11,19H,1-5H3,(H,18,21). The number of sulfonamides is 2. The smallest absolute Gasteiger partial charge is 0.291 e. The Morgan fingerprint density at radius 3 is 2.18 bits per heavy atom. The van der Waals surface area contributed by atoms with Crippen LogP contribution in [-0.2, 0) is 20.0 Å². The molecule has 1 heterocycles. The zero-order valence-corrected chi connectivity index (χ0v) is 17.8. The van der Waals surface area contributed by atoms with Crippen molar-refractivity contribution in [3.05, 3.63) is 42.2 Å². The monoisotopic (exact) mass is 429 g/mol. The lowest BCUT2D eigenvalue weighted by atomic mass is 10.1. The van der Waals surface area contributed by atoms with E-state index in [0.29, 0.717) is 0 Å². The lowest BCUT2D eigenvalue weighted by Gasteiger charge is -2.19. The van der Waals surface area contributed by atoms with Gasteiger partial charge < -0.3 is 9.73 Å². The van der Waals surface area contributed by atoms with Crippen LogP contribution in [0.2, 0.25) is 0 Å². The molecule has 0 saturated carbocycles. The van der Waals surface area contributed by atoms with Crippen LogP contribution in [-0.4, -0.2) is 46.7 Å². The van der Waals surface area contributed by atoms with Crippen molar-refractivity contribution in [3.8, 4) is 0 Å². The topological polar surface area (TPSA) is 126 Å². The maximum absolute atomic E-state index is 12.5. The summed E-state index contributed by atoms with van der Waals surface area (Å²) in [6.45, 7) is 5.01. The van der Waals surface area contributed by atoms with Crippen molar-refractivity contribution in [2.24, 2.45) is 0 Å². The molecule has 1 amide bonds. The van der Waals surface area contributed by atoms with Gasteiger partial charge in [-0.25, -0.2) is 25.9 Å². The summed E-state index contributed by atoms with van der Waals surface area (Å²) in [7, 11) is -4.99. The van der Waals surface area contributed by atoms with Gasteiger partial charge in [0, 0.05) is 19.6 Å². The second-order valence-corrected chi connectivity index (χ2v) is 10.9. The van der Waals surface area contributed by atoms with Gasteiger partial charge in [0.05, 0.1) is 5.69 Å². The van der Waals surface area contributed by atoms with Gasteiger partial charge >= 0.3 is 0 Å². The average Bonchev–Trinajstić information content (AvgIpc) is 3.04. The van der Waals surface area contributed by atoms with Crippen LogP contribution in [0.5, 0.6) is 0 Å². The number of carbonyl (C=O) groups excluding carboxylic acids is 1. The van der Waals surface area contributed by atoms with Gasteiger partial charge in [-0.3, -0.25) is 4.79 Å². The second kappa shape index (κ2) is 7.66. The van der Waals surface area contributed by atoms with Crippen LogP contribution in [0.3, 0.4) is 0 Å². The number of rotatable bonds is 6. The molecule has 0 bridgehead atoms. The fourth-order valence-electron chi connectivity index (χ4n) is 2.22. The molecule has 1 aromatic carbocycles. The first-order valence-corrected chi connectivity index (χ1v) is 11.1. The summed E-state index contributed by atoms with van der Waals surface area (Å²) in [5.41, 5.74) is -0.678. The largest absolute Gasteiger partial charge is 0.438 e. The van der Waals surface area contributed by atoms with Crippen molar-refractivity contribution in [2.75, 3.05) is 19.4 Å². The molecule has 0 aliphatic rings. The summed E-state index contributed by atoms with van der Waals surface area (Å²) >= 11 is 0. The first kappa shape index (κ1) is 22.1. The van der Waals surface area contributed by atoms with Crippen LogP contribution in [0, 0.1) is 0 Å². The van der Waals surface area contributed by atoms with E-state index in [0.717, 1.165) is 10.4 Å². The quantitative estimate of drug-likeness (QED) is 0.722. The van der Waals surface area contributed by atoms with E-state index in [9.17, 15) is 21.6 Å². The Kier molecular flexibility index (Phi) is 6.04. The molecule has 154 valence electrons. The van der Waals surface area contributed by atoms with Gasteiger partial charge in [0.2, 0.25) is 15.1 Å². The molecular weight excluding hydrogens is 406 g/mol. The molecule has 2 aromatic rings. The van der Waals surface area contributed by atoms with Gasteiger partial charge in [-0.15, -0.1) is 0 Å². The number of hydrogen-bond donors (Lipinski definition) is 2. The number of furan rings is 1. The van der Waals surface area contributed by atoms with Crippen LogP contribution in [0.15, 0.2) is 50.8 Å². The van der Waals surface area contributed by atoms with E-state index in [-0.39, 0.29) is 16.3 Å². The van der Waals surface area contributed by atoms with Crippen molar-refractivity contribution in [1.82, 2.24) is 9.03 Å². The minimum atomic E-state index is -3.95. The molecule has 0 unspecified atom stereocenters. The summed E-state index contributed by atoms with van der Waals surface area (Å²) < 4.78 is 58.0. The first-order valence-electron chi connectivity index (χ1n) is 8.21. The Hall–Kier alpha value is -2.21. The Morgan fingerprint density at radius 1 is 1.00 bits per heavy atom. The molecule has 1 aromatic heterocycles. The van der Waals surface area contributed by atoms with E-state index < -0.39 is 36.6 Å². The van der Waals surface area contributed by atoms with E-state index in [1.165, 1.54) is 38.4 Å². The molecule has 0 radical (unpaired) electrons. The zero-order chi connectivity index (χ0) is 21.3. The van der Waals surface area contributed by atoms with E-state index >= 15 is 0 Å². The Labute approximate surface area is 164 Å². The van der Waals surface area contributed by atoms with Crippen molar-refractivity contribution < 1.29 is 26.0 Å². The van der Waals surface area contributed by atoms with E-state index in [1.807, 2.05) is 0 Å². The molecule has 2 N–H and O–H groups in total. The highest BCUT2D eigenvalue weighted by Gasteiger charge is 2.27. The van der Waals surface area contributed by atoms with E-state index in [2.05, 4.69) is 10.0 Å². The van der Waals surface area contributed by atoms with Gasteiger partial charge in [-0.2, -0.15) is 0 Å². The number of hydrogen-bond acceptors (Lipinski definition) is 6. The SMILES string of the molecule is CN(C)S(=O)(=O)c1ccccc1NC(=O)c1ccc(S(=O)(=O)NC(C)(C)C)o1. The lowest BCUT2D eigenvalue weighted by Crippen LogP contribution is -2.40. The Balaban J connectivity index is 2.31. The molecule has 0 aliphatic heterocycles. The summed E-state index contributed by atoms with van der Waals surface area (Å²) in [4.78, 5) is 12.4. The highest BCUT2D eigenvalue weighted by molar-refractivity contribution is 7.89. The Morgan fingerprint density at radius 2 is 1.61 bits per heavy atom. The molecule has 0 fully saturated rings. The van der Waals surface area contributed by atoms with Crippen LogP contribution in [0.4, 0.5) is 5.69 Å². The maximum atomic E-state index is 12.5. The highest BCUT2D eigenvalue weighted by Crippen LogP contribution is 2.24. The number of nitrogens with one attached hydrogen (secondary N) is 2. The van der Waals surface area contributed by atoms with Crippen molar-refractivity contribution in [2.45, 2.75) is 36.3 Å². The molecule has 0 saturated heterocycles. The predicted octanol–water partition coefficient (Wildman–Crippen LogP) is 1.86. The van der Waals surface area contributed by atoms with E-state index in [1.54, 1.807) is 26.8 Å². The maximum Gasteiger partial charge on any atom is 0.291 e. The lowest BCUT2D eigenvalue weighted by molar-refractivity contribution is 0.0991. The van der Waals surface area contributed by atoms with Crippen molar-refractivity contribution in [3.63, 3.8) is 0 Å². The van der Waals surface area contributed by atoms with Crippen LogP contribution < -0.4 is 10.0 Å². The first-order chi connectivity index (χ1) is 12.7. The fraction of sp³-hybridized carbons (Fsp3) is 0.353. The Bertz CT molecular complexity index is 1080. The van der Waals surface area contributed by atoms with Gasteiger partial charge in [0.1, 0.15) is 4.90 Å². The summed E-state index contributed by atoms with van der Waals surface area (Å²) in [6, 6.07) is 8.24. The minimum absolute atomic E-state index is 0.0508. The van der Waals surface area contributed by atoms with Crippen LogP contribution in [0.25, 0.3) is 0 Å². The fourth-order valence-corrected chi connectivity index (χ4v) is 4.61. The number of nitrogens with zero attached hydrogens (tertiary/aromatic N) is 1. The van der Waals surface area contributed by atoms with Crippen molar-refractivity contribution >= 4 is 31.6 Å². The number of amides is 1. The number of carbonyl (C=O) groups is 1. The molecule has 0 spiro atoms. The summed E-state index contributed by atoms with van der Waals surface area (Å²) in [5, 5.41) is 2.03. The van der Waals surface area contributed by atoms with Gasteiger partial charge in [0.15, 0.2) is 5.76 Å². The summed E-state index contributed by atoms with van der Waals surface area (Å²) in [5.74, 6) is -1.05. The number of benzene rings is 1. The molecule has 0 aliphatic carbocycles. The molecule has 0 atom stereocenters. The van der Waals surface area contributed by atoms with Crippen LogP contribution in [0.1, 0.15) is 31.3 Å².